The molecule has 3 N–H and O–H groups in total. The Morgan fingerprint density at radius 3 is 2.40 bits per heavy atom. The van der Waals surface area contributed by atoms with Gasteiger partial charge in [-0.1, -0.05) is 11.6 Å². The highest BCUT2D eigenvalue weighted by Crippen LogP contribution is 2.43. The van der Waals surface area contributed by atoms with Crippen molar-refractivity contribution in [1.82, 2.24) is 33.9 Å². The number of aromatic nitrogens is 5. The lowest BCUT2D eigenvalue weighted by molar-refractivity contribution is -0.137. The van der Waals surface area contributed by atoms with Crippen LogP contribution in [-0.2, 0) is 34.5 Å². The molecule has 0 atom stereocenters. The van der Waals surface area contributed by atoms with E-state index >= 15 is 0 Å². The maximum absolute atomic E-state index is 14.4. The minimum absolute atomic E-state index is 0.0378. The average Bonchev–Trinajstić information content (AvgIpc) is 3.81. The molecule has 0 unspecified atom stereocenters. The molecule has 6 heterocycles. The van der Waals surface area contributed by atoms with Gasteiger partial charge >= 0.3 is 6.18 Å². The fourth-order valence-electron chi connectivity index (χ4n) is 7.77. The van der Waals surface area contributed by atoms with Gasteiger partial charge in [0.05, 0.1) is 40.7 Å². The maximum Gasteiger partial charge on any atom is 0.416 e. The van der Waals surface area contributed by atoms with E-state index in [0.717, 1.165) is 54.6 Å². The van der Waals surface area contributed by atoms with Gasteiger partial charge in [-0.3, -0.25) is 19.3 Å². The Labute approximate surface area is 327 Å². The van der Waals surface area contributed by atoms with Crippen LogP contribution in [0.1, 0.15) is 40.2 Å². The van der Waals surface area contributed by atoms with Crippen LogP contribution in [0, 0.1) is 0 Å². The Balaban J connectivity index is 1.12. The fourth-order valence-corrected chi connectivity index (χ4v) is 8.00. The molecule has 2 saturated heterocycles. The van der Waals surface area contributed by atoms with Gasteiger partial charge in [-0.05, 0) is 67.4 Å². The second kappa shape index (κ2) is 15.1. The van der Waals surface area contributed by atoms with E-state index in [-0.39, 0.29) is 78.5 Å². The summed E-state index contributed by atoms with van der Waals surface area (Å²) in [5, 5.41) is 26.4. The number of anilines is 2. The van der Waals surface area contributed by atoms with Crippen molar-refractivity contribution in [2.45, 2.75) is 37.8 Å². The number of nitrogens with one attached hydrogen (secondary N) is 1. The molecule has 2 aromatic carbocycles. The molecule has 15 nitrogen and oxygen atoms in total. The molecule has 19 heteroatoms. The largest absolute Gasteiger partial charge is 0.505 e. The lowest BCUT2D eigenvalue weighted by atomic mass is 9.85. The van der Waals surface area contributed by atoms with Crippen molar-refractivity contribution in [3.8, 4) is 17.1 Å². The highest BCUT2D eigenvalue weighted by atomic mass is 35.5. The van der Waals surface area contributed by atoms with Gasteiger partial charge in [0, 0.05) is 63.3 Å². The molecule has 0 aliphatic carbocycles. The molecule has 298 valence electrons. The summed E-state index contributed by atoms with van der Waals surface area (Å²) < 4.78 is 48.9. The molecule has 5 aromatic rings. The maximum atomic E-state index is 14.4. The first-order chi connectivity index (χ1) is 27.3. The zero-order valence-corrected chi connectivity index (χ0v) is 31.1. The van der Waals surface area contributed by atoms with Crippen molar-refractivity contribution >= 4 is 40.6 Å². The van der Waals surface area contributed by atoms with Crippen molar-refractivity contribution in [1.29, 1.82) is 0 Å². The molecule has 3 aliphatic heterocycles. The molecule has 1 spiro atoms. The van der Waals surface area contributed by atoms with Crippen molar-refractivity contribution in [3.63, 3.8) is 0 Å². The third kappa shape index (κ3) is 7.29. The van der Waals surface area contributed by atoms with Gasteiger partial charge < -0.3 is 34.6 Å². The van der Waals surface area contributed by atoms with Crippen LogP contribution in [0.3, 0.4) is 0 Å². The number of likely N-dealkylation sites (tertiary alicyclic amines) is 1. The number of amides is 2. The number of benzene rings is 2. The monoisotopic (exact) mass is 807 g/mol. The van der Waals surface area contributed by atoms with E-state index < -0.39 is 41.3 Å². The predicted molar refractivity (Wildman–Crippen MR) is 201 cm³/mol. The van der Waals surface area contributed by atoms with Crippen LogP contribution in [0.15, 0.2) is 65.6 Å². The Bertz CT molecular complexity index is 2410. The van der Waals surface area contributed by atoms with Crippen molar-refractivity contribution < 1.29 is 37.7 Å². The van der Waals surface area contributed by atoms with Crippen LogP contribution in [0.25, 0.3) is 17.2 Å². The molecule has 57 heavy (non-hydrogen) atoms. The summed E-state index contributed by atoms with van der Waals surface area (Å²) in [6.07, 6.45) is -2.79. The van der Waals surface area contributed by atoms with Gasteiger partial charge in [-0.25, -0.2) is 4.98 Å². The number of pyridine rings is 1. The fraction of sp³-hybridized carbons (Fsp3) is 0.368. The lowest BCUT2D eigenvalue weighted by Crippen LogP contribution is -2.47. The first kappa shape index (κ1) is 38.3. The highest BCUT2D eigenvalue weighted by Gasteiger charge is 2.48. The van der Waals surface area contributed by atoms with Gasteiger partial charge in [0.1, 0.15) is 17.9 Å². The highest BCUT2D eigenvalue weighted by molar-refractivity contribution is 6.33. The Kier molecular flexibility index (Phi) is 10.1. The summed E-state index contributed by atoms with van der Waals surface area (Å²) in [5.74, 6) is -1.11. The number of fused-ring (bicyclic) bond motifs is 3. The number of alkyl halides is 3. The number of hydrogen-bond donors (Lipinski definition) is 3. The van der Waals surface area contributed by atoms with E-state index in [9.17, 15) is 37.8 Å². The van der Waals surface area contributed by atoms with E-state index in [1.54, 1.807) is 0 Å². The van der Waals surface area contributed by atoms with Crippen molar-refractivity contribution in [3.05, 3.63) is 98.7 Å². The minimum atomic E-state index is -4.63. The van der Waals surface area contributed by atoms with Gasteiger partial charge in [-0.2, -0.15) is 22.7 Å². The van der Waals surface area contributed by atoms with Crippen molar-refractivity contribution in [2.75, 3.05) is 62.6 Å². The van der Waals surface area contributed by atoms with E-state index in [1.165, 1.54) is 27.8 Å². The molecule has 3 aromatic heterocycles. The summed E-state index contributed by atoms with van der Waals surface area (Å²) in [6.45, 7) is 3.80. The average molecular weight is 808 g/mol. The zero-order valence-electron chi connectivity index (χ0n) is 30.4. The Morgan fingerprint density at radius 2 is 1.74 bits per heavy atom. The standard InChI is InChI=1S/C38H37ClF3N9O6/c39-26-20-24(38(40,41)42)5-8-27(26)44-30(54)21-50-28-22-57-37(9-12-49(13-10-37)35(56)32-29(53)2-1-11-43-32)31(28)34(55)51-36(50)45-33(46-51)23-3-6-25(7-4-23)48-16-14-47(15-17-48)18-19-52/h1-8,11,20,52-53H,9-10,12-19,21-22H2,(H,44,54). The topological polar surface area (TPSA) is 171 Å². The number of carbonyl (C=O) groups is 2. The molecule has 8 rings (SSSR count). The van der Waals surface area contributed by atoms with Crippen molar-refractivity contribution in [2.24, 2.45) is 0 Å². The number of piperazine rings is 1. The van der Waals surface area contributed by atoms with Crippen LogP contribution in [0.5, 0.6) is 5.75 Å². The molecule has 2 amide bonds. The van der Waals surface area contributed by atoms with Gasteiger partial charge in [-0.15, -0.1) is 5.10 Å². The van der Waals surface area contributed by atoms with Crippen LogP contribution < -0.4 is 15.8 Å². The van der Waals surface area contributed by atoms with Crippen LogP contribution in [0.2, 0.25) is 5.02 Å². The Morgan fingerprint density at radius 1 is 1.00 bits per heavy atom. The van der Waals surface area contributed by atoms with Crippen LogP contribution in [-0.4, -0.2) is 108 Å². The van der Waals surface area contributed by atoms with Gasteiger partial charge in [0.2, 0.25) is 11.7 Å². The molecule has 0 bridgehead atoms. The number of halogens is 4. The summed E-state index contributed by atoms with van der Waals surface area (Å²) >= 11 is 6.15. The van der Waals surface area contributed by atoms with Crippen LogP contribution >= 0.6 is 11.6 Å². The smallest absolute Gasteiger partial charge is 0.416 e. The predicted octanol–water partition coefficient (Wildman–Crippen LogP) is 3.75. The normalized spacial score (nSPS) is 17.0. The molecular formula is C38H37ClF3N9O6. The third-order valence-corrected chi connectivity index (χ3v) is 11.1. The number of carbonyl (C=O) groups excluding carboxylic acids is 2. The minimum Gasteiger partial charge on any atom is -0.505 e. The molecule has 0 saturated carbocycles. The Hall–Kier alpha value is -5.56. The summed E-state index contributed by atoms with van der Waals surface area (Å²) in [7, 11) is 0. The third-order valence-electron chi connectivity index (χ3n) is 10.8. The number of aliphatic hydroxyl groups excluding tert-OH is 1. The number of hydrogen-bond acceptors (Lipinski definition) is 11. The number of ether oxygens (including phenoxy) is 1. The SMILES string of the molecule is O=C(Cn1c2c(c(=O)n3nc(-c4ccc(N5CCN(CCO)CC5)cc4)nc13)C1(CCN(C(=O)c3ncccc3O)CC1)OC2)Nc1ccc(C(F)(F)F)cc1Cl. The summed E-state index contributed by atoms with van der Waals surface area (Å²) in [5.41, 5.74) is -0.506. The molecule has 0 radical (unpaired) electrons. The number of aliphatic hydroxyl groups is 1. The van der Waals surface area contributed by atoms with E-state index in [1.807, 2.05) is 24.3 Å². The van der Waals surface area contributed by atoms with E-state index in [0.29, 0.717) is 17.8 Å². The summed E-state index contributed by atoms with van der Waals surface area (Å²) in [6, 6.07) is 13.1. The number of aromatic hydroxyl groups is 1. The summed E-state index contributed by atoms with van der Waals surface area (Å²) in [4.78, 5) is 56.1. The van der Waals surface area contributed by atoms with Gasteiger partial charge in [0.15, 0.2) is 11.5 Å². The van der Waals surface area contributed by atoms with E-state index in [4.69, 9.17) is 21.3 Å². The number of β-amino-alcohol motifs (C(OH)–C–C–N with tert-alkyl or cyclic N) is 1. The van der Waals surface area contributed by atoms with Crippen LogP contribution in [0.4, 0.5) is 24.5 Å². The second-order valence-corrected chi connectivity index (χ2v) is 14.6. The molecule has 2 fully saturated rings. The van der Waals surface area contributed by atoms with E-state index in [2.05, 4.69) is 25.2 Å². The second-order valence-electron chi connectivity index (χ2n) is 14.1. The quantitative estimate of drug-likeness (QED) is 0.209. The zero-order chi connectivity index (χ0) is 40.1. The molecular weight excluding hydrogens is 771 g/mol. The molecule has 3 aliphatic rings. The lowest BCUT2D eigenvalue weighted by Gasteiger charge is -2.38. The number of nitrogens with zero attached hydrogens (tertiary/aromatic N) is 8. The van der Waals surface area contributed by atoms with Gasteiger partial charge in [0.25, 0.3) is 11.5 Å². The first-order valence-corrected chi connectivity index (χ1v) is 18.7. The number of piperidine rings is 1. The first-order valence-electron chi connectivity index (χ1n) is 18.3. The number of rotatable bonds is 8.